The molecule has 66 heavy (non-hydrogen) atoms. The van der Waals surface area contributed by atoms with E-state index in [0.717, 1.165) is 12.8 Å². The second kappa shape index (κ2) is 15.0. The molecule has 0 atom stereocenters. The van der Waals surface area contributed by atoms with Gasteiger partial charge in [0.05, 0.1) is 0 Å². The maximum Gasteiger partial charge on any atom is 0.0434 e. The van der Waals surface area contributed by atoms with E-state index < -0.39 is 0 Å². The van der Waals surface area contributed by atoms with Crippen LogP contribution in [0.4, 0.5) is 0 Å². The molecule has 0 spiro atoms. The van der Waals surface area contributed by atoms with Gasteiger partial charge < -0.3 is 0 Å². The molecule has 0 aliphatic heterocycles. The van der Waals surface area contributed by atoms with E-state index >= 15 is 0 Å². The molecule has 1 aliphatic carbocycles. The van der Waals surface area contributed by atoms with Crippen molar-refractivity contribution < 1.29 is 0 Å². The van der Waals surface area contributed by atoms with Gasteiger partial charge in [-0.15, -0.1) is 22.7 Å². The van der Waals surface area contributed by atoms with E-state index in [4.69, 9.17) is 0 Å². The number of hydrogen-bond donors (Lipinski definition) is 0. The monoisotopic (exact) mass is 872 g/mol. The van der Waals surface area contributed by atoms with Gasteiger partial charge in [-0.1, -0.05) is 200 Å². The number of rotatable bonds is 3. The highest BCUT2D eigenvalue weighted by atomic mass is 32.1. The zero-order valence-corrected chi connectivity index (χ0v) is 37.6. The summed E-state index contributed by atoms with van der Waals surface area (Å²) in [5, 5.41) is 10.4. The van der Waals surface area contributed by atoms with E-state index in [9.17, 15) is 0 Å². The molecule has 1 aliphatic rings. The zero-order valence-electron chi connectivity index (χ0n) is 36.0. The minimum Gasteiger partial charge on any atom is -0.135 e. The van der Waals surface area contributed by atoms with Crippen molar-refractivity contribution in [1.29, 1.82) is 0 Å². The molecule has 0 fully saturated rings. The molecule has 0 saturated heterocycles. The van der Waals surface area contributed by atoms with Crippen LogP contribution in [-0.4, -0.2) is 0 Å². The van der Waals surface area contributed by atoms with E-state index in [0.29, 0.717) is 0 Å². The Kier molecular flexibility index (Phi) is 8.56. The summed E-state index contributed by atoms with van der Waals surface area (Å²) in [6.45, 7) is 0. The molecule has 0 nitrogen and oxygen atoms in total. The smallest absolute Gasteiger partial charge is 0.0434 e. The standard InChI is InChI=1S/C64H40S2/c1-4-20-43-39(16-1)36-41-18-3-6-22-45(41)61-42(37-40-17-2-5-21-44(40)43)19-11-33-56(61)62-50-27-12-25-46(52-29-14-31-54-48-23-7-9-34-59(48)65-63(52)54)57(50)38-58-47(26-13-28-51(58)62)53-30-15-32-55-49-24-8-10-35-60(49)66-64(53)55/h1-35,38H,36-37H2. The third-order valence-electron chi connectivity index (χ3n) is 14.2. The summed E-state index contributed by atoms with van der Waals surface area (Å²) in [5.41, 5.74) is 18.3. The quantitative estimate of drug-likeness (QED) is 0.155. The fourth-order valence-electron chi connectivity index (χ4n) is 11.3. The van der Waals surface area contributed by atoms with Crippen LogP contribution >= 0.6 is 22.7 Å². The highest BCUT2D eigenvalue weighted by Crippen LogP contribution is 2.51. The van der Waals surface area contributed by atoms with Gasteiger partial charge in [0.15, 0.2) is 0 Å². The first kappa shape index (κ1) is 37.7. The average molecular weight is 873 g/mol. The molecular weight excluding hydrogens is 833 g/mol. The molecule has 13 aromatic rings. The lowest BCUT2D eigenvalue weighted by atomic mass is 9.79. The lowest BCUT2D eigenvalue weighted by molar-refractivity contribution is 1.15. The van der Waals surface area contributed by atoms with E-state index in [1.165, 1.54) is 140 Å². The van der Waals surface area contributed by atoms with Crippen molar-refractivity contribution in [2.75, 3.05) is 0 Å². The Balaban J connectivity index is 1.12. The molecule has 0 amide bonds. The van der Waals surface area contributed by atoms with Crippen molar-refractivity contribution in [3.8, 4) is 55.6 Å². The molecule has 0 bridgehead atoms. The molecule has 11 aromatic carbocycles. The van der Waals surface area contributed by atoms with Crippen LogP contribution < -0.4 is 0 Å². The fourth-order valence-corrected chi connectivity index (χ4v) is 13.8. The maximum absolute atomic E-state index is 2.53. The van der Waals surface area contributed by atoms with Crippen molar-refractivity contribution in [2.45, 2.75) is 12.8 Å². The van der Waals surface area contributed by atoms with Crippen molar-refractivity contribution >= 4 is 84.6 Å². The Hall–Kier alpha value is -7.62. The Bertz CT molecular complexity index is 3950. The SMILES string of the molecule is c1ccc2c(c1)Cc1ccccc1-c1c(cccc1-c1c3cccc(-c4cccc5c4sc4ccccc45)c3cc3c(-c4cccc5c4sc4ccccc45)cccc13)Cc1ccccc1-2. The molecule has 308 valence electrons. The van der Waals surface area contributed by atoms with Gasteiger partial charge in [0, 0.05) is 51.5 Å². The highest BCUT2D eigenvalue weighted by Gasteiger charge is 2.25. The summed E-state index contributed by atoms with van der Waals surface area (Å²) >= 11 is 3.82. The Morgan fingerprint density at radius 3 is 1.15 bits per heavy atom. The number of benzene rings is 11. The van der Waals surface area contributed by atoms with Gasteiger partial charge in [0.1, 0.15) is 0 Å². The molecule has 2 heteroatoms. The van der Waals surface area contributed by atoms with E-state index in [1.807, 2.05) is 22.7 Å². The van der Waals surface area contributed by atoms with Gasteiger partial charge >= 0.3 is 0 Å². The minimum absolute atomic E-state index is 0.823. The first-order chi connectivity index (χ1) is 32.7. The number of hydrogen-bond acceptors (Lipinski definition) is 2. The van der Waals surface area contributed by atoms with Gasteiger partial charge in [-0.3, -0.25) is 0 Å². The van der Waals surface area contributed by atoms with E-state index in [-0.39, 0.29) is 0 Å². The third kappa shape index (κ3) is 5.75. The van der Waals surface area contributed by atoms with Crippen molar-refractivity contribution in [3.63, 3.8) is 0 Å². The van der Waals surface area contributed by atoms with E-state index in [2.05, 4.69) is 218 Å². The van der Waals surface area contributed by atoms with E-state index in [1.54, 1.807) is 0 Å². The van der Waals surface area contributed by atoms with Crippen LogP contribution in [0.3, 0.4) is 0 Å². The number of thiophene rings is 2. The molecule has 0 saturated carbocycles. The van der Waals surface area contributed by atoms with Gasteiger partial charge in [-0.2, -0.15) is 0 Å². The van der Waals surface area contributed by atoms with Gasteiger partial charge in [-0.25, -0.2) is 0 Å². The van der Waals surface area contributed by atoms with Crippen molar-refractivity contribution in [3.05, 3.63) is 241 Å². The maximum atomic E-state index is 2.53. The molecule has 0 unspecified atom stereocenters. The molecule has 2 heterocycles. The van der Waals surface area contributed by atoms with Crippen LogP contribution in [0.25, 0.3) is 118 Å². The summed E-state index contributed by atoms with van der Waals surface area (Å²) in [6.07, 6.45) is 1.67. The zero-order chi connectivity index (χ0) is 43.3. The normalized spacial score (nSPS) is 12.4. The largest absolute Gasteiger partial charge is 0.135 e. The summed E-state index contributed by atoms with van der Waals surface area (Å²) in [4.78, 5) is 0. The predicted molar refractivity (Wildman–Crippen MR) is 286 cm³/mol. The van der Waals surface area contributed by atoms with Crippen LogP contribution in [0.2, 0.25) is 0 Å². The van der Waals surface area contributed by atoms with Gasteiger partial charge in [0.25, 0.3) is 0 Å². The summed E-state index contributed by atoms with van der Waals surface area (Å²) in [7, 11) is 0. The van der Waals surface area contributed by atoms with Crippen LogP contribution in [-0.2, 0) is 12.8 Å². The summed E-state index contributed by atoms with van der Waals surface area (Å²) in [5.74, 6) is 0. The van der Waals surface area contributed by atoms with Gasteiger partial charge in [-0.05, 0) is 119 Å². The molecule has 2 aromatic heterocycles. The number of fused-ring (bicyclic) bond motifs is 14. The Labute approximate surface area is 391 Å². The van der Waals surface area contributed by atoms with Crippen LogP contribution in [0.1, 0.15) is 22.3 Å². The van der Waals surface area contributed by atoms with Crippen LogP contribution in [0.15, 0.2) is 218 Å². The second-order valence-electron chi connectivity index (χ2n) is 17.8. The molecule has 0 N–H and O–H groups in total. The first-order valence-corrected chi connectivity index (χ1v) is 24.5. The molecule has 0 radical (unpaired) electrons. The van der Waals surface area contributed by atoms with Crippen molar-refractivity contribution in [1.82, 2.24) is 0 Å². The summed E-state index contributed by atoms with van der Waals surface area (Å²) in [6, 6.07) is 82.5. The lowest BCUT2D eigenvalue weighted by Gasteiger charge is -2.24. The van der Waals surface area contributed by atoms with Gasteiger partial charge in [0.2, 0.25) is 0 Å². The Morgan fingerprint density at radius 1 is 0.227 bits per heavy atom. The first-order valence-electron chi connectivity index (χ1n) is 22.9. The topological polar surface area (TPSA) is 0 Å². The second-order valence-corrected chi connectivity index (χ2v) is 19.9. The molecular formula is C64H40S2. The third-order valence-corrected chi connectivity index (χ3v) is 16.7. The van der Waals surface area contributed by atoms with Crippen LogP contribution in [0.5, 0.6) is 0 Å². The summed E-state index contributed by atoms with van der Waals surface area (Å²) < 4.78 is 5.31. The Morgan fingerprint density at radius 2 is 0.591 bits per heavy atom. The van der Waals surface area contributed by atoms with Crippen molar-refractivity contribution in [2.24, 2.45) is 0 Å². The fraction of sp³-hybridized carbons (Fsp3) is 0.0312. The highest BCUT2D eigenvalue weighted by molar-refractivity contribution is 7.26. The lowest BCUT2D eigenvalue weighted by Crippen LogP contribution is -2.04. The average Bonchev–Trinajstić information content (AvgIpc) is 3.95. The minimum atomic E-state index is 0.823. The predicted octanol–water partition coefficient (Wildman–Crippen LogP) is 18.6. The molecule has 14 rings (SSSR count). The van der Waals surface area contributed by atoms with Crippen LogP contribution in [0, 0.1) is 0 Å².